The van der Waals surface area contributed by atoms with Gasteiger partial charge in [-0.25, -0.2) is 0 Å². The van der Waals surface area contributed by atoms with Crippen LogP contribution >= 0.6 is 11.3 Å². The van der Waals surface area contributed by atoms with Gasteiger partial charge in [0.25, 0.3) is 0 Å². The quantitative estimate of drug-likeness (QED) is 0.849. The van der Waals surface area contributed by atoms with Crippen LogP contribution in [0.3, 0.4) is 0 Å². The molecule has 0 unspecified atom stereocenters. The first-order valence-corrected chi connectivity index (χ1v) is 7.75. The van der Waals surface area contributed by atoms with Crippen molar-refractivity contribution in [3.8, 4) is 0 Å². The lowest BCUT2D eigenvalue weighted by molar-refractivity contribution is -0.137. The molecule has 0 saturated carbocycles. The zero-order valence-electron chi connectivity index (χ0n) is 11.3. The molecule has 0 spiro atoms. The van der Waals surface area contributed by atoms with Crippen LogP contribution in [0.25, 0.3) is 6.08 Å². The Labute approximate surface area is 122 Å². The molecular formula is C15H19NO3S. The highest BCUT2D eigenvalue weighted by Gasteiger charge is 2.22. The lowest BCUT2D eigenvalue weighted by Crippen LogP contribution is -2.39. The number of thiophene rings is 1. The predicted octanol–water partition coefficient (Wildman–Crippen LogP) is 2.86. The fourth-order valence-corrected chi connectivity index (χ4v) is 3.09. The highest BCUT2D eigenvalue weighted by molar-refractivity contribution is 7.10. The molecule has 20 heavy (non-hydrogen) atoms. The van der Waals surface area contributed by atoms with E-state index < -0.39 is 5.97 Å². The van der Waals surface area contributed by atoms with Gasteiger partial charge in [0.15, 0.2) is 0 Å². The van der Waals surface area contributed by atoms with E-state index >= 15 is 0 Å². The number of rotatable bonds is 5. The first kappa shape index (κ1) is 14.8. The predicted molar refractivity (Wildman–Crippen MR) is 79.5 cm³/mol. The topological polar surface area (TPSA) is 57.6 Å². The highest BCUT2D eigenvalue weighted by Crippen LogP contribution is 2.21. The number of hydrogen-bond donors (Lipinski definition) is 1. The Morgan fingerprint density at radius 3 is 3.05 bits per heavy atom. The van der Waals surface area contributed by atoms with E-state index in [9.17, 15) is 9.59 Å². The number of likely N-dealkylation sites (tertiary alicyclic amines) is 1. The maximum atomic E-state index is 12.1. The van der Waals surface area contributed by atoms with Crippen LogP contribution in [0.15, 0.2) is 23.6 Å². The number of nitrogens with zero attached hydrogens (tertiary/aromatic N) is 1. The van der Waals surface area contributed by atoms with Crippen LogP contribution in [0.4, 0.5) is 0 Å². The normalized spacial score (nSPS) is 19.4. The van der Waals surface area contributed by atoms with Crippen LogP contribution in [0.1, 0.15) is 30.6 Å². The molecule has 1 saturated heterocycles. The molecule has 0 aromatic carbocycles. The number of carboxylic acids is 1. The Morgan fingerprint density at radius 2 is 2.35 bits per heavy atom. The third kappa shape index (κ3) is 4.49. The summed E-state index contributed by atoms with van der Waals surface area (Å²) < 4.78 is 0. The molecule has 1 aromatic heterocycles. The Morgan fingerprint density at radius 1 is 1.50 bits per heavy atom. The zero-order valence-corrected chi connectivity index (χ0v) is 12.1. The zero-order chi connectivity index (χ0) is 14.4. The molecule has 2 rings (SSSR count). The molecule has 1 fully saturated rings. The van der Waals surface area contributed by atoms with Gasteiger partial charge in [0.1, 0.15) is 0 Å². The third-order valence-electron chi connectivity index (χ3n) is 3.53. The van der Waals surface area contributed by atoms with E-state index in [1.807, 2.05) is 28.5 Å². The number of carbonyl (C=O) groups is 2. The summed E-state index contributed by atoms with van der Waals surface area (Å²) in [6, 6.07) is 3.93. The maximum absolute atomic E-state index is 12.1. The van der Waals surface area contributed by atoms with E-state index in [-0.39, 0.29) is 12.3 Å². The van der Waals surface area contributed by atoms with Crippen molar-refractivity contribution < 1.29 is 14.7 Å². The molecule has 108 valence electrons. The summed E-state index contributed by atoms with van der Waals surface area (Å²) in [5.74, 6) is -0.414. The summed E-state index contributed by atoms with van der Waals surface area (Å²) in [6.45, 7) is 1.46. The lowest BCUT2D eigenvalue weighted by Gasteiger charge is -2.31. The average molecular weight is 293 g/mol. The van der Waals surface area contributed by atoms with Gasteiger partial charge in [-0.3, -0.25) is 9.59 Å². The smallest absolute Gasteiger partial charge is 0.303 e. The van der Waals surface area contributed by atoms with Crippen LogP contribution in [0.5, 0.6) is 0 Å². The van der Waals surface area contributed by atoms with Gasteiger partial charge in [-0.05, 0) is 42.7 Å². The number of carboxylic acid groups (broad SMARTS) is 1. The minimum Gasteiger partial charge on any atom is -0.481 e. The van der Waals surface area contributed by atoms with E-state index in [1.165, 1.54) is 0 Å². The van der Waals surface area contributed by atoms with Crippen molar-refractivity contribution in [1.82, 2.24) is 4.90 Å². The number of amides is 1. The molecule has 1 amide bonds. The molecule has 0 aliphatic carbocycles. The van der Waals surface area contributed by atoms with E-state index in [2.05, 4.69) is 0 Å². The van der Waals surface area contributed by atoms with Crippen molar-refractivity contribution in [2.45, 2.75) is 25.7 Å². The van der Waals surface area contributed by atoms with E-state index in [1.54, 1.807) is 17.4 Å². The van der Waals surface area contributed by atoms with Crippen LogP contribution in [-0.4, -0.2) is 35.0 Å². The van der Waals surface area contributed by atoms with Crippen LogP contribution in [0, 0.1) is 5.92 Å². The van der Waals surface area contributed by atoms with E-state index in [4.69, 9.17) is 5.11 Å². The lowest BCUT2D eigenvalue weighted by atomic mass is 9.93. The van der Waals surface area contributed by atoms with Gasteiger partial charge in [-0.15, -0.1) is 11.3 Å². The summed E-state index contributed by atoms with van der Waals surface area (Å²) in [7, 11) is 0. The number of carbonyl (C=O) groups excluding carboxylic acids is 1. The summed E-state index contributed by atoms with van der Waals surface area (Å²) in [5.41, 5.74) is 0. The van der Waals surface area contributed by atoms with E-state index in [0.717, 1.165) is 24.3 Å². The van der Waals surface area contributed by atoms with Crippen molar-refractivity contribution >= 4 is 29.3 Å². The summed E-state index contributed by atoms with van der Waals surface area (Å²) >= 11 is 1.60. The number of piperidine rings is 1. The highest BCUT2D eigenvalue weighted by atomic mass is 32.1. The standard InChI is InChI=1S/C15H19NO3S/c17-14(7-6-13-4-2-10-20-13)16-9-1-3-12(11-16)5-8-15(18)19/h2,4,6-7,10,12H,1,3,5,8-9,11H2,(H,18,19)/b7-6+/t12-/m1/s1. The number of hydrogen-bond acceptors (Lipinski definition) is 3. The van der Waals surface area contributed by atoms with Gasteiger partial charge >= 0.3 is 5.97 Å². The van der Waals surface area contributed by atoms with Crippen molar-refractivity contribution in [3.05, 3.63) is 28.5 Å². The van der Waals surface area contributed by atoms with Gasteiger partial charge < -0.3 is 10.0 Å². The monoisotopic (exact) mass is 293 g/mol. The fourth-order valence-electron chi connectivity index (χ4n) is 2.47. The maximum Gasteiger partial charge on any atom is 0.303 e. The number of aliphatic carboxylic acids is 1. The second-order valence-electron chi connectivity index (χ2n) is 5.07. The SMILES string of the molecule is O=C(O)CC[C@H]1CCCN(C(=O)/C=C/c2cccs2)C1. The molecule has 5 heteroatoms. The first-order valence-electron chi connectivity index (χ1n) is 6.87. The molecule has 4 nitrogen and oxygen atoms in total. The van der Waals surface area contributed by atoms with Crippen LogP contribution < -0.4 is 0 Å². The summed E-state index contributed by atoms with van der Waals surface area (Å²) in [5, 5.41) is 10.7. The molecule has 1 N–H and O–H groups in total. The molecule has 0 radical (unpaired) electrons. The van der Waals surface area contributed by atoms with Crippen LogP contribution in [0.2, 0.25) is 0 Å². The second kappa shape index (κ2) is 7.24. The molecule has 1 aliphatic heterocycles. The molecule has 1 aliphatic rings. The third-order valence-corrected chi connectivity index (χ3v) is 4.37. The molecule has 1 atom stereocenters. The van der Waals surface area contributed by atoms with E-state index in [0.29, 0.717) is 18.9 Å². The van der Waals surface area contributed by atoms with Crippen molar-refractivity contribution in [1.29, 1.82) is 0 Å². The minimum atomic E-state index is -0.758. The van der Waals surface area contributed by atoms with Crippen molar-refractivity contribution in [3.63, 3.8) is 0 Å². The van der Waals surface area contributed by atoms with Crippen molar-refractivity contribution in [2.75, 3.05) is 13.1 Å². The first-order chi connectivity index (χ1) is 9.65. The molecule has 2 heterocycles. The summed E-state index contributed by atoms with van der Waals surface area (Å²) in [4.78, 5) is 25.6. The van der Waals surface area contributed by atoms with Crippen LogP contribution in [-0.2, 0) is 9.59 Å². The molecule has 1 aromatic rings. The van der Waals surface area contributed by atoms with Crippen molar-refractivity contribution in [2.24, 2.45) is 5.92 Å². The average Bonchev–Trinajstić information content (AvgIpc) is 2.96. The van der Waals surface area contributed by atoms with Gasteiger partial charge in [0.05, 0.1) is 0 Å². The fraction of sp³-hybridized carbons (Fsp3) is 0.467. The minimum absolute atomic E-state index is 0.0263. The molecule has 0 bridgehead atoms. The van der Waals surface area contributed by atoms with Gasteiger partial charge in [-0.1, -0.05) is 6.07 Å². The van der Waals surface area contributed by atoms with Gasteiger partial charge in [-0.2, -0.15) is 0 Å². The second-order valence-corrected chi connectivity index (χ2v) is 6.05. The Hall–Kier alpha value is -1.62. The Balaban J connectivity index is 1.85. The summed E-state index contributed by atoms with van der Waals surface area (Å²) in [6.07, 6.45) is 6.29. The molecular weight excluding hydrogens is 274 g/mol. The Kier molecular flexibility index (Phi) is 5.35. The van der Waals surface area contributed by atoms with Gasteiger partial charge in [0.2, 0.25) is 5.91 Å². The largest absolute Gasteiger partial charge is 0.481 e. The van der Waals surface area contributed by atoms with Gasteiger partial charge in [0, 0.05) is 30.5 Å². The Bertz CT molecular complexity index is 481.